The molecule has 1 aliphatic heterocycles. The molecule has 0 bridgehead atoms. The van der Waals surface area contributed by atoms with Gasteiger partial charge in [-0.25, -0.2) is 9.59 Å². The topological polar surface area (TPSA) is 202 Å². The number of ether oxygens (including phenoxy) is 5. The molecule has 6 rings (SSSR count). The molecule has 0 amide bonds. The Bertz CT molecular complexity index is 2070. The number of carbonyl (C=O) groups excluding carboxylic acids is 2. The number of rotatable bonds is 19. The van der Waals surface area contributed by atoms with Crippen LogP contribution < -0.4 is 0 Å². The van der Waals surface area contributed by atoms with Crippen molar-refractivity contribution in [2.75, 3.05) is 20.3 Å². The fraction of sp³-hybridized carbons (Fsp3) is 0.797. The van der Waals surface area contributed by atoms with E-state index in [9.17, 15) is 40.2 Å². The van der Waals surface area contributed by atoms with Gasteiger partial charge in [0.15, 0.2) is 12.4 Å². The Morgan fingerprint density at radius 3 is 2.04 bits per heavy atom. The van der Waals surface area contributed by atoms with E-state index in [1.807, 2.05) is 7.11 Å². The Hall–Kier alpha value is -2.72. The molecule has 408 valence electrons. The van der Waals surface area contributed by atoms with E-state index in [4.69, 9.17) is 23.7 Å². The molecule has 6 aliphatic rings. The average Bonchev–Trinajstić information content (AvgIpc) is 3.30. The minimum atomic E-state index is -1.64. The van der Waals surface area contributed by atoms with Crippen molar-refractivity contribution >= 4 is 11.9 Å². The Labute approximate surface area is 431 Å². The van der Waals surface area contributed by atoms with Crippen molar-refractivity contribution in [1.82, 2.24) is 0 Å². The summed E-state index contributed by atoms with van der Waals surface area (Å²) in [6.45, 7) is 30.2. The monoisotopic (exact) mass is 1010 g/mol. The van der Waals surface area contributed by atoms with Gasteiger partial charge in [-0.2, -0.15) is 0 Å². The third-order valence-corrected chi connectivity index (χ3v) is 20.4. The number of aliphatic hydroxyl groups is 6. The third-order valence-electron chi connectivity index (χ3n) is 20.4. The van der Waals surface area contributed by atoms with Crippen LogP contribution in [0.15, 0.2) is 60.3 Å². The molecule has 17 atom stereocenters. The highest BCUT2D eigenvalue weighted by Crippen LogP contribution is 2.76. The summed E-state index contributed by atoms with van der Waals surface area (Å²) in [5.41, 5.74) is -1.58. The molecule has 0 aromatic carbocycles. The molecule has 13 heteroatoms. The van der Waals surface area contributed by atoms with Crippen LogP contribution in [0.5, 0.6) is 0 Å². The Morgan fingerprint density at radius 2 is 1.46 bits per heavy atom. The first kappa shape index (κ1) is 58.5. The van der Waals surface area contributed by atoms with Gasteiger partial charge in [0, 0.05) is 17.9 Å². The standard InChI is InChI=1S/C59H94O13/c1-15-26-59-33-45(52(5,6)31-40(59)39-22-23-42-56(11)29-25-44(68-14)53(7,8)41(56)24-30-57(42,12)58(39,13)32-43(59)62)70-49(65)37(34-60)21-19-28-55(10,17-3)72-51-47(64)46(63)48(36(4)69-51)71-50(66)38(35-61)20-18-27-54(9,67)16-2/h16-17,20-22,36,40-48,51,60-64,67H,2-3,15,18-19,23-35H2,1,4-14H3/b37-21+,38-20+/t36?,40?,41?,42?,43?,44?,45?,46?,47?,48?,51?,54?,55-,56?,57?,58?,59?/m1/s1. The third kappa shape index (κ3) is 10.6. The predicted molar refractivity (Wildman–Crippen MR) is 277 cm³/mol. The molecule has 72 heavy (non-hydrogen) atoms. The first-order valence-corrected chi connectivity index (χ1v) is 27.2. The predicted octanol–water partition coefficient (Wildman–Crippen LogP) is 8.77. The van der Waals surface area contributed by atoms with Crippen molar-refractivity contribution in [3.8, 4) is 0 Å². The van der Waals surface area contributed by atoms with E-state index in [-0.39, 0.29) is 70.5 Å². The van der Waals surface area contributed by atoms with Crippen molar-refractivity contribution < 1.29 is 63.9 Å². The quantitative estimate of drug-likeness (QED) is 0.0408. The van der Waals surface area contributed by atoms with Gasteiger partial charge in [-0.3, -0.25) is 0 Å². The summed E-state index contributed by atoms with van der Waals surface area (Å²) in [6, 6.07) is 0. The van der Waals surface area contributed by atoms with Gasteiger partial charge >= 0.3 is 11.9 Å². The number of aliphatic hydroxyl groups excluding tert-OH is 5. The summed E-state index contributed by atoms with van der Waals surface area (Å²) in [6.07, 6.45) is 11.2. The van der Waals surface area contributed by atoms with Crippen molar-refractivity contribution in [3.63, 3.8) is 0 Å². The number of hydrogen-bond donors (Lipinski definition) is 6. The average molecular weight is 1010 g/mol. The zero-order chi connectivity index (χ0) is 53.6. The van der Waals surface area contributed by atoms with Gasteiger partial charge in [0.2, 0.25) is 0 Å². The van der Waals surface area contributed by atoms with E-state index in [0.717, 1.165) is 51.4 Å². The second-order valence-corrected chi connectivity index (χ2v) is 25.5. The molecular weight excluding hydrogens is 917 g/mol. The zero-order valence-electron chi connectivity index (χ0n) is 46.0. The van der Waals surface area contributed by atoms with Crippen molar-refractivity contribution in [3.05, 3.63) is 60.3 Å². The van der Waals surface area contributed by atoms with Crippen molar-refractivity contribution in [2.24, 2.45) is 50.2 Å². The fourth-order valence-electron chi connectivity index (χ4n) is 15.7. The van der Waals surface area contributed by atoms with E-state index in [0.29, 0.717) is 24.7 Å². The normalized spacial score (nSPS) is 41.1. The minimum Gasteiger partial charge on any atom is -0.458 e. The van der Waals surface area contributed by atoms with Crippen LogP contribution >= 0.6 is 0 Å². The van der Waals surface area contributed by atoms with Crippen LogP contribution in [0.3, 0.4) is 0 Å². The molecule has 0 aromatic rings. The summed E-state index contributed by atoms with van der Waals surface area (Å²) >= 11 is 0. The molecule has 6 N–H and O–H groups in total. The van der Waals surface area contributed by atoms with Gasteiger partial charge in [0.1, 0.15) is 18.3 Å². The van der Waals surface area contributed by atoms with Crippen LogP contribution in [0.1, 0.15) is 166 Å². The maximum absolute atomic E-state index is 14.1. The number of methoxy groups -OCH3 is 1. The Balaban J connectivity index is 1.12. The van der Waals surface area contributed by atoms with E-state index in [1.165, 1.54) is 23.8 Å². The highest BCUT2D eigenvalue weighted by molar-refractivity contribution is 5.89. The Kier molecular flexibility index (Phi) is 17.7. The highest BCUT2D eigenvalue weighted by atomic mass is 16.7. The molecule has 1 heterocycles. The maximum Gasteiger partial charge on any atom is 0.336 e. The summed E-state index contributed by atoms with van der Waals surface area (Å²) in [5, 5.41) is 65.7. The highest BCUT2D eigenvalue weighted by Gasteiger charge is 2.70. The lowest BCUT2D eigenvalue weighted by molar-refractivity contribution is -0.314. The first-order valence-electron chi connectivity index (χ1n) is 27.2. The first-order chi connectivity index (χ1) is 33.5. The van der Waals surface area contributed by atoms with Crippen molar-refractivity contribution in [1.29, 1.82) is 0 Å². The lowest BCUT2D eigenvalue weighted by Gasteiger charge is -2.72. The van der Waals surface area contributed by atoms with Crippen molar-refractivity contribution in [2.45, 2.75) is 226 Å². The molecule has 5 aliphatic carbocycles. The fourth-order valence-corrected chi connectivity index (χ4v) is 15.7. The van der Waals surface area contributed by atoms with Gasteiger partial charge < -0.3 is 54.3 Å². The van der Waals surface area contributed by atoms with E-state index in [2.05, 4.69) is 74.6 Å². The van der Waals surface area contributed by atoms with Crippen LogP contribution in [0.4, 0.5) is 0 Å². The van der Waals surface area contributed by atoms with Gasteiger partial charge in [0.05, 0.1) is 53.9 Å². The molecule has 0 aromatic heterocycles. The molecule has 13 nitrogen and oxygen atoms in total. The molecule has 16 unspecified atom stereocenters. The second-order valence-electron chi connectivity index (χ2n) is 25.5. The van der Waals surface area contributed by atoms with E-state index < -0.39 is 90.1 Å². The number of allylic oxidation sites excluding steroid dienone is 4. The molecule has 1 saturated heterocycles. The van der Waals surface area contributed by atoms with Gasteiger partial charge in [-0.15, -0.1) is 13.2 Å². The summed E-state index contributed by atoms with van der Waals surface area (Å²) in [5.74, 6) is -0.311. The summed E-state index contributed by atoms with van der Waals surface area (Å²) in [4.78, 5) is 27.1. The lowest BCUT2D eigenvalue weighted by Crippen LogP contribution is -2.67. The molecular formula is C59H94O13. The second kappa shape index (κ2) is 21.7. The molecule has 0 radical (unpaired) electrons. The Morgan fingerprint density at radius 1 is 0.833 bits per heavy atom. The SMILES string of the molecule is C=CC(C)(O)CC/C=C(\CO)C(=O)OC1C(C)OC(O[C@](C)(C=C)CC/C=C(\CO)C(=O)OC2CC3(CCC)C(O)CC4(C)C(=CCC5C6(C)CCC(OC)C(C)(C)C6CCC54C)C3CC2(C)C)C(O)C1O. The maximum atomic E-state index is 14.1. The molecule has 4 saturated carbocycles. The van der Waals surface area contributed by atoms with E-state index in [1.54, 1.807) is 26.8 Å². The van der Waals surface area contributed by atoms with Crippen LogP contribution in [0.2, 0.25) is 0 Å². The minimum absolute atomic E-state index is 0.0165. The van der Waals surface area contributed by atoms with Crippen LogP contribution in [0, 0.1) is 50.2 Å². The summed E-state index contributed by atoms with van der Waals surface area (Å²) in [7, 11) is 1.87. The number of esters is 2. The van der Waals surface area contributed by atoms with Crippen LogP contribution in [0.25, 0.3) is 0 Å². The van der Waals surface area contributed by atoms with Gasteiger partial charge in [0.25, 0.3) is 0 Å². The van der Waals surface area contributed by atoms with E-state index >= 15 is 0 Å². The van der Waals surface area contributed by atoms with Crippen LogP contribution in [-0.2, 0) is 33.3 Å². The van der Waals surface area contributed by atoms with Gasteiger partial charge in [-0.05, 0) is 144 Å². The molecule has 5 fully saturated rings. The zero-order valence-corrected chi connectivity index (χ0v) is 46.0. The van der Waals surface area contributed by atoms with Gasteiger partial charge in [-0.1, -0.05) is 97.8 Å². The number of carbonyl (C=O) groups is 2. The lowest BCUT2D eigenvalue weighted by atomic mass is 9.33. The number of fused-ring (bicyclic) bond motifs is 7. The molecule has 0 spiro atoms. The smallest absolute Gasteiger partial charge is 0.336 e. The van der Waals surface area contributed by atoms with Crippen LogP contribution in [-0.4, -0.2) is 123 Å². The largest absolute Gasteiger partial charge is 0.458 e. The summed E-state index contributed by atoms with van der Waals surface area (Å²) < 4.78 is 30.3. The number of hydrogen-bond acceptors (Lipinski definition) is 13.